The Kier molecular flexibility index (Phi) is 8.13. The van der Waals surface area contributed by atoms with Gasteiger partial charge in [0.2, 0.25) is 0 Å². The van der Waals surface area contributed by atoms with Crippen LogP contribution in [0.4, 0.5) is 0 Å². The molecule has 0 aromatic heterocycles. The topological polar surface area (TPSA) is 58.6 Å². The SMILES string of the molecule is COCCCCCNC(=O)c1ccc(C#CCO)cc1. The van der Waals surface area contributed by atoms with Crippen molar-refractivity contribution < 1.29 is 14.6 Å². The third kappa shape index (κ3) is 6.37. The summed E-state index contributed by atoms with van der Waals surface area (Å²) in [6, 6.07) is 7.02. The zero-order chi connectivity index (χ0) is 14.6. The zero-order valence-corrected chi connectivity index (χ0v) is 11.8. The number of carbonyl (C=O) groups is 1. The van der Waals surface area contributed by atoms with Gasteiger partial charge in [-0.05, 0) is 43.5 Å². The van der Waals surface area contributed by atoms with Crippen molar-refractivity contribution >= 4 is 5.91 Å². The number of hydrogen-bond acceptors (Lipinski definition) is 3. The van der Waals surface area contributed by atoms with Crippen molar-refractivity contribution in [2.45, 2.75) is 19.3 Å². The summed E-state index contributed by atoms with van der Waals surface area (Å²) in [7, 11) is 1.69. The molecule has 20 heavy (non-hydrogen) atoms. The first-order valence-electron chi connectivity index (χ1n) is 6.75. The Bertz CT molecular complexity index is 457. The van der Waals surface area contributed by atoms with E-state index < -0.39 is 0 Å². The van der Waals surface area contributed by atoms with Gasteiger partial charge in [0.1, 0.15) is 6.61 Å². The highest BCUT2D eigenvalue weighted by Gasteiger charge is 2.03. The molecule has 1 aromatic rings. The van der Waals surface area contributed by atoms with Gasteiger partial charge in [-0.1, -0.05) is 11.8 Å². The molecule has 4 heteroatoms. The second-order valence-electron chi connectivity index (χ2n) is 4.35. The van der Waals surface area contributed by atoms with Crippen molar-refractivity contribution in [2.75, 3.05) is 26.9 Å². The minimum atomic E-state index is -0.161. The number of hydrogen-bond donors (Lipinski definition) is 2. The van der Waals surface area contributed by atoms with Crippen molar-refractivity contribution in [1.82, 2.24) is 5.32 Å². The van der Waals surface area contributed by atoms with E-state index in [2.05, 4.69) is 17.2 Å². The van der Waals surface area contributed by atoms with Crippen LogP contribution in [0.1, 0.15) is 35.2 Å². The maximum atomic E-state index is 11.8. The predicted molar refractivity (Wildman–Crippen MR) is 78.5 cm³/mol. The Labute approximate surface area is 120 Å². The van der Waals surface area contributed by atoms with E-state index in [4.69, 9.17) is 9.84 Å². The average molecular weight is 275 g/mol. The number of unbranched alkanes of at least 4 members (excludes halogenated alkanes) is 2. The molecule has 0 saturated carbocycles. The molecule has 0 radical (unpaired) electrons. The molecule has 1 amide bonds. The third-order valence-electron chi connectivity index (χ3n) is 2.77. The van der Waals surface area contributed by atoms with Crippen LogP contribution in [0.3, 0.4) is 0 Å². The van der Waals surface area contributed by atoms with E-state index in [9.17, 15) is 4.79 Å². The van der Waals surface area contributed by atoms with Crippen molar-refractivity contribution in [3.05, 3.63) is 35.4 Å². The average Bonchev–Trinajstić information content (AvgIpc) is 2.49. The molecule has 108 valence electrons. The summed E-state index contributed by atoms with van der Waals surface area (Å²) in [4.78, 5) is 11.8. The Morgan fingerprint density at radius 3 is 2.65 bits per heavy atom. The Hall–Kier alpha value is -1.83. The Morgan fingerprint density at radius 2 is 2.00 bits per heavy atom. The number of rotatable bonds is 7. The standard InChI is InChI=1S/C16H21NO3/c1-20-13-4-2-3-11-17-16(19)15-9-7-14(8-10-15)6-5-12-18/h7-10,18H,2-4,11-13H2,1H3,(H,17,19). The smallest absolute Gasteiger partial charge is 0.251 e. The van der Waals surface area contributed by atoms with E-state index in [0.717, 1.165) is 31.4 Å². The quantitative estimate of drug-likeness (QED) is 0.587. The van der Waals surface area contributed by atoms with E-state index in [1.807, 2.05) is 0 Å². The fourth-order valence-corrected chi connectivity index (χ4v) is 1.70. The van der Waals surface area contributed by atoms with Crippen LogP contribution < -0.4 is 5.32 Å². The second-order valence-corrected chi connectivity index (χ2v) is 4.35. The monoisotopic (exact) mass is 275 g/mol. The van der Waals surface area contributed by atoms with E-state index in [1.165, 1.54) is 0 Å². The van der Waals surface area contributed by atoms with Crippen LogP contribution in [-0.4, -0.2) is 37.9 Å². The van der Waals surface area contributed by atoms with Crippen LogP contribution in [0.5, 0.6) is 0 Å². The summed E-state index contributed by atoms with van der Waals surface area (Å²) in [6.07, 6.45) is 3.02. The van der Waals surface area contributed by atoms with E-state index >= 15 is 0 Å². The molecule has 0 aliphatic carbocycles. The van der Waals surface area contributed by atoms with E-state index in [-0.39, 0.29) is 12.5 Å². The van der Waals surface area contributed by atoms with Crippen molar-refractivity contribution in [3.63, 3.8) is 0 Å². The first-order chi connectivity index (χ1) is 9.77. The maximum absolute atomic E-state index is 11.8. The number of benzene rings is 1. The lowest BCUT2D eigenvalue weighted by Crippen LogP contribution is -2.24. The molecule has 0 fully saturated rings. The van der Waals surface area contributed by atoms with Gasteiger partial charge in [-0.25, -0.2) is 0 Å². The Balaban J connectivity index is 2.32. The molecule has 0 aliphatic heterocycles. The number of aliphatic hydroxyl groups is 1. The minimum Gasteiger partial charge on any atom is -0.385 e. The highest BCUT2D eigenvalue weighted by molar-refractivity contribution is 5.94. The van der Waals surface area contributed by atoms with Crippen molar-refractivity contribution in [3.8, 4) is 11.8 Å². The summed E-state index contributed by atoms with van der Waals surface area (Å²) in [5.74, 6) is 5.28. The first kappa shape index (κ1) is 16.2. The molecule has 1 rings (SSSR count). The lowest BCUT2D eigenvalue weighted by atomic mass is 10.1. The number of aliphatic hydroxyl groups excluding tert-OH is 1. The summed E-state index contributed by atoms with van der Waals surface area (Å²) in [6.45, 7) is 1.28. The normalized spacial score (nSPS) is 9.70. The molecule has 0 heterocycles. The van der Waals surface area contributed by atoms with Gasteiger partial charge >= 0.3 is 0 Å². The van der Waals surface area contributed by atoms with Crippen molar-refractivity contribution in [2.24, 2.45) is 0 Å². The molecule has 0 bridgehead atoms. The van der Waals surface area contributed by atoms with Crippen LogP contribution in [0.25, 0.3) is 0 Å². The number of methoxy groups -OCH3 is 1. The van der Waals surface area contributed by atoms with Crippen LogP contribution in [-0.2, 0) is 4.74 Å². The minimum absolute atomic E-state index is 0.0709. The lowest BCUT2D eigenvalue weighted by molar-refractivity contribution is 0.0952. The van der Waals surface area contributed by atoms with Gasteiger partial charge in [-0.2, -0.15) is 0 Å². The van der Waals surface area contributed by atoms with Crippen LogP contribution >= 0.6 is 0 Å². The van der Waals surface area contributed by atoms with Gasteiger partial charge in [0.25, 0.3) is 5.91 Å². The summed E-state index contributed by atoms with van der Waals surface area (Å²) >= 11 is 0. The number of amides is 1. The molecule has 0 aliphatic rings. The summed E-state index contributed by atoms with van der Waals surface area (Å²) in [5, 5.41) is 11.5. The predicted octanol–water partition coefficient (Wildman–Crippen LogP) is 1.58. The fraction of sp³-hybridized carbons (Fsp3) is 0.438. The van der Waals surface area contributed by atoms with Gasteiger partial charge in [-0.3, -0.25) is 4.79 Å². The van der Waals surface area contributed by atoms with Gasteiger partial charge in [0, 0.05) is 31.4 Å². The summed E-state index contributed by atoms with van der Waals surface area (Å²) in [5.41, 5.74) is 1.41. The highest BCUT2D eigenvalue weighted by Crippen LogP contribution is 2.03. The molecule has 0 saturated heterocycles. The molecule has 0 atom stereocenters. The Morgan fingerprint density at radius 1 is 1.25 bits per heavy atom. The van der Waals surface area contributed by atoms with Crippen LogP contribution in [0.15, 0.2) is 24.3 Å². The molecule has 4 nitrogen and oxygen atoms in total. The summed E-state index contributed by atoms with van der Waals surface area (Å²) < 4.78 is 4.96. The van der Waals surface area contributed by atoms with Gasteiger partial charge in [-0.15, -0.1) is 0 Å². The maximum Gasteiger partial charge on any atom is 0.251 e. The van der Waals surface area contributed by atoms with E-state index in [0.29, 0.717) is 12.1 Å². The number of ether oxygens (including phenoxy) is 1. The molecular formula is C16H21NO3. The van der Waals surface area contributed by atoms with Gasteiger partial charge in [0.15, 0.2) is 0 Å². The van der Waals surface area contributed by atoms with Crippen molar-refractivity contribution in [1.29, 1.82) is 0 Å². The second kappa shape index (κ2) is 10.0. The van der Waals surface area contributed by atoms with Crippen LogP contribution in [0.2, 0.25) is 0 Å². The molecule has 1 aromatic carbocycles. The fourth-order valence-electron chi connectivity index (χ4n) is 1.70. The van der Waals surface area contributed by atoms with Gasteiger partial charge < -0.3 is 15.2 Å². The highest BCUT2D eigenvalue weighted by atomic mass is 16.5. The lowest BCUT2D eigenvalue weighted by Gasteiger charge is -2.05. The number of nitrogens with one attached hydrogen (secondary N) is 1. The molecule has 2 N–H and O–H groups in total. The first-order valence-corrected chi connectivity index (χ1v) is 6.75. The molecular weight excluding hydrogens is 254 g/mol. The molecule has 0 spiro atoms. The van der Waals surface area contributed by atoms with E-state index in [1.54, 1.807) is 31.4 Å². The third-order valence-corrected chi connectivity index (χ3v) is 2.77. The largest absolute Gasteiger partial charge is 0.385 e. The van der Waals surface area contributed by atoms with Crippen LogP contribution in [0, 0.1) is 11.8 Å². The zero-order valence-electron chi connectivity index (χ0n) is 11.8. The van der Waals surface area contributed by atoms with Gasteiger partial charge in [0.05, 0.1) is 0 Å². The molecule has 0 unspecified atom stereocenters. The number of carbonyl (C=O) groups excluding carboxylic acids is 1.